The maximum atomic E-state index is 6.41. The van der Waals surface area contributed by atoms with Crippen LogP contribution >= 0.6 is 0 Å². The summed E-state index contributed by atoms with van der Waals surface area (Å²) in [6, 6.07) is 73.8. The molecule has 0 bridgehead atoms. The van der Waals surface area contributed by atoms with Crippen LogP contribution < -0.4 is 14.7 Å². The van der Waals surface area contributed by atoms with Crippen LogP contribution in [0.3, 0.4) is 0 Å². The van der Waals surface area contributed by atoms with Gasteiger partial charge in [0, 0.05) is 45.8 Å². The molecule has 0 N–H and O–H groups in total. The largest absolute Gasteiger partial charge is 0.455 e. The van der Waals surface area contributed by atoms with E-state index in [4.69, 9.17) is 4.42 Å². The van der Waals surface area contributed by atoms with Crippen molar-refractivity contribution in [2.24, 2.45) is 0 Å². The molecule has 1 aliphatic rings. The number of benzene rings is 9. The molecule has 0 amide bonds. The van der Waals surface area contributed by atoms with E-state index in [1.807, 2.05) is 12.1 Å². The van der Waals surface area contributed by atoms with Gasteiger partial charge >= 0.3 is 0 Å². The number of anilines is 8. The van der Waals surface area contributed by atoms with Crippen LogP contribution in [0.25, 0.3) is 55.0 Å². The van der Waals surface area contributed by atoms with E-state index in [2.05, 4.69) is 216 Å². The van der Waals surface area contributed by atoms with Crippen LogP contribution in [0.1, 0.15) is 0 Å². The van der Waals surface area contributed by atoms with Crippen molar-refractivity contribution in [1.29, 1.82) is 0 Å². The lowest BCUT2D eigenvalue weighted by Crippen LogP contribution is -2.24. The third kappa shape index (κ3) is 5.45. The molecule has 0 saturated carbocycles. The van der Waals surface area contributed by atoms with Crippen LogP contribution in [0, 0.1) is 0 Å². The molecule has 0 saturated heterocycles. The zero-order chi connectivity index (χ0) is 37.9. The van der Waals surface area contributed by atoms with Gasteiger partial charge < -0.3 is 19.1 Å². The van der Waals surface area contributed by atoms with Crippen LogP contribution in [-0.4, -0.2) is 7.05 Å². The predicted molar refractivity (Wildman–Crippen MR) is 240 cm³/mol. The van der Waals surface area contributed by atoms with Crippen LogP contribution in [-0.2, 0) is 0 Å². The summed E-state index contributed by atoms with van der Waals surface area (Å²) in [6.45, 7) is 0. The first-order chi connectivity index (χ1) is 28.2. The van der Waals surface area contributed by atoms with Gasteiger partial charge in [0.25, 0.3) is 0 Å². The molecule has 57 heavy (non-hydrogen) atoms. The van der Waals surface area contributed by atoms with Gasteiger partial charge in [-0.25, -0.2) is 0 Å². The SMILES string of the molecule is CN1c2ccccc2N(c2ccccc2)c2ccc(-c3ccc(N(c4ccc(-c5cccc6c5oc5ccccc56)cc4)c4cccc5ccccc45)cc3)cc21. The lowest BCUT2D eigenvalue weighted by Gasteiger charge is -2.38. The Morgan fingerprint density at radius 1 is 0.421 bits per heavy atom. The zero-order valence-electron chi connectivity index (χ0n) is 31.4. The first-order valence-electron chi connectivity index (χ1n) is 19.4. The van der Waals surface area contributed by atoms with Crippen molar-refractivity contribution in [3.63, 3.8) is 0 Å². The van der Waals surface area contributed by atoms with E-state index in [0.717, 1.165) is 72.8 Å². The van der Waals surface area contributed by atoms with Crippen molar-refractivity contribution < 1.29 is 4.42 Å². The maximum absolute atomic E-state index is 6.41. The highest BCUT2D eigenvalue weighted by Crippen LogP contribution is 2.51. The van der Waals surface area contributed by atoms with Crippen LogP contribution in [0.2, 0.25) is 0 Å². The number of furan rings is 1. The van der Waals surface area contributed by atoms with Gasteiger partial charge in [-0.2, -0.15) is 0 Å². The fourth-order valence-corrected chi connectivity index (χ4v) is 8.61. The Hall–Kier alpha value is -7.56. The molecule has 11 rings (SSSR count). The van der Waals surface area contributed by atoms with Crippen molar-refractivity contribution >= 4 is 78.2 Å². The molecule has 4 heteroatoms. The van der Waals surface area contributed by atoms with E-state index in [-0.39, 0.29) is 0 Å². The summed E-state index contributed by atoms with van der Waals surface area (Å²) in [5.41, 5.74) is 15.4. The van der Waals surface area contributed by atoms with Crippen molar-refractivity contribution in [1.82, 2.24) is 0 Å². The summed E-state index contributed by atoms with van der Waals surface area (Å²) in [5.74, 6) is 0. The molecule has 4 nitrogen and oxygen atoms in total. The number of para-hydroxylation sites is 5. The van der Waals surface area contributed by atoms with E-state index in [0.29, 0.717) is 0 Å². The van der Waals surface area contributed by atoms with Gasteiger partial charge in [0.05, 0.1) is 28.4 Å². The standard InChI is InChI=1S/C53H37N3O/c1-54-48-21-8-9-22-49(48)56(40-15-3-2-4-16-40)50-34-29-39(35-51(50)54)36-25-30-41(31-26-36)55(47-23-11-14-37-13-5-6-17-43(37)47)42-32-27-38(28-33-42)44-19-12-20-46-45-18-7-10-24-52(45)57-53(44)46/h2-35H,1H3. The summed E-state index contributed by atoms with van der Waals surface area (Å²) in [7, 11) is 2.16. The van der Waals surface area contributed by atoms with E-state index < -0.39 is 0 Å². The molecule has 2 heterocycles. The fourth-order valence-electron chi connectivity index (χ4n) is 8.61. The fraction of sp³-hybridized carbons (Fsp3) is 0.0189. The number of hydrogen-bond acceptors (Lipinski definition) is 4. The topological polar surface area (TPSA) is 22.9 Å². The molecule has 10 aromatic rings. The van der Waals surface area contributed by atoms with Gasteiger partial charge in [0.2, 0.25) is 0 Å². The second kappa shape index (κ2) is 13.3. The smallest absolute Gasteiger partial charge is 0.143 e. The lowest BCUT2D eigenvalue weighted by atomic mass is 9.99. The normalized spacial score (nSPS) is 12.2. The maximum Gasteiger partial charge on any atom is 0.143 e. The Kier molecular flexibility index (Phi) is 7.68. The number of rotatable bonds is 6. The molecular weight excluding hydrogens is 695 g/mol. The Labute approximate surface area is 331 Å². The molecule has 0 spiro atoms. The Morgan fingerprint density at radius 2 is 1.02 bits per heavy atom. The highest BCUT2D eigenvalue weighted by molar-refractivity contribution is 6.09. The first kappa shape index (κ1) is 32.8. The third-order valence-corrected chi connectivity index (χ3v) is 11.4. The monoisotopic (exact) mass is 731 g/mol. The zero-order valence-corrected chi connectivity index (χ0v) is 31.4. The highest BCUT2D eigenvalue weighted by Gasteiger charge is 2.28. The van der Waals surface area contributed by atoms with E-state index in [1.54, 1.807) is 0 Å². The quantitative estimate of drug-likeness (QED) is 0.170. The van der Waals surface area contributed by atoms with Gasteiger partial charge in [-0.3, -0.25) is 0 Å². The number of fused-ring (bicyclic) bond motifs is 6. The number of nitrogens with zero attached hydrogens (tertiary/aromatic N) is 3. The molecule has 0 unspecified atom stereocenters. The minimum Gasteiger partial charge on any atom is -0.455 e. The summed E-state index contributed by atoms with van der Waals surface area (Å²) >= 11 is 0. The molecule has 1 aliphatic heterocycles. The molecule has 1 aromatic heterocycles. The molecule has 0 fully saturated rings. The van der Waals surface area contributed by atoms with E-state index in [1.165, 1.54) is 27.7 Å². The molecule has 0 aliphatic carbocycles. The van der Waals surface area contributed by atoms with Crippen molar-refractivity contribution in [2.45, 2.75) is 0 Å². The van der Waals surface area contributed by atoms with Crippen molar-refractivity contribution in [3.05, 3.63) is 206 Å². The third-order valence-electron chi connectivity index (χ3n) is 11.4. The summed E-state index contributed by atoms with van der Waals surface area (Å²) < 4.78 is 6.41. The lowest BCUT2D eigenvalue weighted by molar-refractivity contribution is 0.670. The predicted octanol–water partition coefficient (Wildman–Crippen LogP) is 15.1. The van der Waals surface area contributed by atoms with Crippen LogP contribution in [0.15, 0.2) is 211 Å². The van der Waals surface area contributed by atoms with Gasteiger partial charge in [-0.05, 0) is 94.9 Å². The van der Waals surface area contributed by atoms with E-state index in [9.17, 15) is 0 Å². The average molecular weight is 732 g/mol. The molecule has 0 radical (unpaired) electrons. The summed E-state index contributed by atoms with van der Waals surface area (Å²) in [4.78, 5) is 7.04. The molecule has 9 aromatic carbocycles. The molecular formula is C53H37N3O. The minimum atomic E-state index is 0.907. The number of hydrogen-bond donors (Lipinski definition) is 0. The van der Waals surface area contributed by atoms with Crippen LogP contribution in [0.4, 0.5) is 45.5 Å². The van der Waals surface area contributed by atoms with Gasteiger partial charge in [-0.1, -0.05) is 133 Å². The van der Waals surface area contributed by atoms with Gasteiger partial charge in [0.1, 0.15) is 11.2 Å². The highest BCUT2D eigenvalue weighted by atomic mass is 16.3. The second-order valence-corrected chi connectivity index (χ2v) is 14.6. The minimum absolute atomic E-state index is 0.907. The van der Waals surface area contributed by atoms with Crippen molar-refractivity contribution in [3.8, 4) is 22.3 Å². The molecule has 270 valence electrons. The Balaban J connectivity index is 0.987. The van der Waals surface area contributed by atoms with Gasteiger partial charge in [-0.15, -0.1) is 0 Å². The van der Waals surface area contributed by atoms with E-state index >= 15 is 0 Å². The Bertz CT molecular complexity index is 3090. The van der Waals surface area contributed by atoms with Gasteiger partial charge in [0.15, 0.2) is 0 Å². The molecule has 0 atom stereocenters. The average Bonchev–Trinajstić information content (AvgIpc) is 3.67. The van der Waals surface area contributed by atoms with Crippen molar-refractivity contribution in [2.75, 3.05) is 21.7 Å². The second-order valence-electron chi connectivity index (χ2n) is 14.6. The summed E-state index contributed by atoms with van der Waals surface area (Å²) in [6.07, 6.45) is 0. The van der Waals surface area contributed by atoms with Crippen LogP contribution in [0.5, 0.6) is 0 Å². The first-order valence-corrected chi connectivity index (χ1v) is 19.4. The summed E-state index contributed by atoms with van der Waals surface area (Å²) in [5, 5.41) is 4.67. The Morgan fingerprint density at radius 3 is 1.82 bits per heavy atom.